The Morgan fingerprint density at radius 2 is 1.95 bits per heavy atom. The van der Waals surface area contributed by atoms with Crippen LogP contribution in [0.25, 0.3) is 0 Å². The van der Waals surface area contributed by atoms with E-state index in [1.54, 1.807) is 0 Å². The van der Waals surface area contributed by atoms with Crippen molar-refractivity contribution in [1.82, 2.24) is 14.2 Å². The van der Waals surface area contributed by atoms with Crippen LogP contribution >= 0.6 is 11.5 Å². The maximum atomic E-state index is 5.81. The van der Waals surface area contributed by atoms with Gasteiger partial charge >= 0.3 is 0 Å². The van der Waals surface area contributed by atoms with Crippen LogP contribution < -0.4 is 11.1 Å². The Labute approximate surface area is 126 Å². The molecule has 1 aromatic rings. The van der Waals surface area contributed by atoms with Crippen LogP contribution in [0.3, 0.4) is 0 Å². The van der Waals surface area contributed by atoms with Crippen LogP contribution in [0.15, 0.2) is 0 Å². The molecule has 5 nitrogen and oxygen atoms in total. The van der Waals surface area contributed by atoms with Gasteiger partial charge in [0.1, 0.15) is 10.8 Å². The van der Waals surface area contributed by atoms with Crippen LogP contribution in [0.5, 0.6) is 0 Å². The van der Waals surface area contributed by atoms with Crippen LogP contribution in [0, 0.1) is 12.8 Å². The molecule has 1 atom stereocenters. The summed E-state index contributed by atoms with van der Waals surface area (Å²) in [5, 5.41) is 4.66. The number of hydrogen-bond acceptors (Lipinski definition) is 6. The van der Waals surface area contributed by atoms with Gasteiger partial charge < -0.3 is 16.0 Å². The summed E-state index contributed by atoms with van der Waals surface area (Å²) in [5.41, 5.74) is 6.89. The Hall–Kier alpha value is -0.850. The minimum absolute atomic E-state index is 0.562. The first-order chi connectivity index (χ1) is 9.49. The summed E-state index contributed by atoms with van der Waals surface area (Å²) in [6.07, 6.45) is 0. The van der Waals surface area contributed by atoms with E-state index in [4.69, 9.17) is 5.73 Å². The van der Waals surface area contributed by atoms with E-state index in [2.05, 4.69) is 40.4 Å². The van der Waals surface area contributed by atoms with Crippen molar-refractivity contribution in [2.45, 2.75) is 26.8 Å². The summed E-state index contributed by atoms with van der Waals surface area (Å²) in [5.74, 6) is 1.29. The number of piperazine rings is 1. The molecule has 0 spiro atoms. The van der Waals surface area contributed by atoms with Crippen LogP contribution in [0.4, 0.5) is 10.8 Å². The average molecular weight is 297 g/mol. The minimum atomic E-state index is 0.562. The molecule has 1 unspecified atom stereocenters. The lowest BCUT2D eigenvalue weighted by molar-refractivity contribution is 0.0944. The van der Waals surface area contributed by atoms with Crippen molar-refractivity contribution in [2.24, 2.45) is 5.92 Å². The van der Waals surface area contributed by atoms with Crippen LogP contribution in [-0.2, 0) is 0 Å². The second-order valence-electron chi connectivity index (χ2n) is 6.05. The lowest BCUT2D eigenvalue weighted by atomic mass is 10.0. The molecule has 0 saturated carbocycles. The zero-order valence-electron chi connectivity index (χ0n) is 13.0. The maximum absolute atomic E-state index is 5.81. The summed E-state index contributed by atoms with van der Waals surface area (Å²) < 4.78 is 4.20. The summed E-state index contributed by atoms with van der Waals surface area (Å²) in [6, 6.07) is 0.562. The quantitative estimate of drug-likeness (QED) is 0.866. The molecule has 3 N–H and O–H groups in total. The number of nitrogens with two attached hydrogens (primary N) is 1. The lowest BCUT2D eigenvalue weighted by Gasteiger charge is -2.40. The van der Waals surface area contributed by atoms with Gasteiger partial charge in [-0.25, -0.2) is 0 Å². The van der Waals surface area contributed by atoms with E-state index in [0.29, 0.717) is 17.8 Å². The zero-order valence-corrected chi connectivity index (χ0v) is 13.8. The zero-order chi connectivity index (χ0) is 14.7. The van der Waals surface area contributed by atoms with Gasteiger partial charge in [0.05, 0.1) is 0 Å². The van der Waals surface area contributed by atoms with Gasteiger partial charge in [0.25, 0.3) is 0 Å². The Morgan fingerprint density at radius 1 is 1.30 bits per heavy atom. The number of nitrogens with zero attached hydrogens (tertiary/aromatic N) is 3. The standard InChI is InChI=1S/C14H27N5S/c1-10(2)12(19-7-5-18(4)6-8-19)9-16-14-11(3)13(15)17-20-14/h10,12,16H,5-9H2,1-4H3,(H2,15,17). The second kappa shape index (κ2) is 6.74. The first-order valence-corrected chi connectivity index (χ1v) is 8.14. The third kappa shape index (κ3) is 3.62. The molecular formula is C14H27N5S. The number of hydrogen-bond donors (Lipinski definition) is 2. The molecule has 2 rings (SSSR count). The fourth-order valence-electron chi connectivity index (χ4n) is 2.65. The van der Waals surface area contributed by atoms with Crippen molar-refractivity contribution in [3.63, 3.8) is 0 Å². The smallest absolute Gasteiger partial charge is 0.142 e. The SMILES string of the molecule is Cc1c(N)nsc1NCC(C(C)C)N1CCN(C)CC1. The molecule has 1 aliphatic heterocycles. The first-order valence-electron chi connectivity index (χ1n) is 7.37. The molecule has 0 radical (unpaired) electrons. The Morgan fingerprint density at radius 3 is 2.45 bits per heavy atom. The van der Waals surface area contributed by atoms with E-state index >= 15 is 0 Å². The molecule has 1 saturated heterocycles. The molecule has 20 heavy (non-hydrogen) atoms. The highest BCUT2D eigenvalue weighted by atomic mass is 32.1. The molecule has 0 aromatic carbocycles. The van der Waals surface area contributed by atoms with Crippen molar-refractivity contribution >= 4 is 22.4 Å². The van der Waals surface area contributed by atoms with Crippen LogP contribution in [0.1, 0.15) is 19.4 Å². The fraction of sp³-hybridized carbons (Fsp3) is 0.786. The van der Waals surface area contributed by atoms with E-state index in [-0.39, 0.29) is 0 Å². The highest BCUT2D eigenvalue weighted by Gasteiger charge is 2.25. The average Bonchev–Trinajstić information content (AvgIpc) is 2.72. The monoisotopic (exact) mass is 297 g/mol. The van der Waals surface area contributed by atoms with E-state index in [9.17, 15) is 0 Å². The predicted octanol–water partition coefficient (Wildman–Crippen LogP) is 1.72. The molecule has 1 fully saturated rings. The van der Waals surface area contributed by atoms with E-state index in [1.807, 2.05) is 6.92 Å². The molecule has 0 bridgehead atoms. The van der Waals surface area contributed by atoms with Gasteiger partial charge in [-0.1, -0.05) is 13.8 Å². The number of rotatable bonds is 5. The number of likely N-dealkylation sites (N-methyl/N-ethyl adjacent to an activating group) is 1. The molecule has 1 aromatic heterocycles. The van der Waals surface area contributed by atoms with Gasteiger partial charge in [-0.15, -0.1) is 0 Å². The third-order valence-corrected chi connectivity index (χ3v) is 5.13. The molecular weight excluding hydrogens is 270 g/mol. The predicted molar refractivity (Wildman–Crippen MR) is 87.4 cm³/mol. The van der Waals surface area contributed by atoms with Crippen LogP contribution in [-0.4, -0.2) is 60.0 Å². The van der Waals surface area contributed by atoms with Crippen molar-refractivity contribution in [3.05, 3.63) is 5.56 Å². The maximum Gasteiger partial charge on any atom is 0.142 e. The second-order valence-corrected chi connectivity index (χ2v) is 6.83. The number of nitrogen functional groups attached to an aromatic ring is 1. The molecule has 2 heterocycles. The summed E-state index contributed by atoms with van der Waals surface area (Å²) in [4.78, 5) is 5.01. The van der Waals surface area contributed by atoms with E-state index in [1.165, 1.54) is 11.5 Å². The van der Waals surface area contributed by atoms with E-state index in [0.717, 1.165) is 43.3 Å². The molecule has 1 aliphatic rings. The third-order valence-electron chi connectivity index (χ3n) is 4.21. The van der Waals surface area contributed by atoms with Gasteiger partial charge in [-0.2, -0.15) is 4.37 Å². The van der Waals surface area contributed by atoms with Crippen molar-refractivity contribution < 1.29 is 0 Å². The highest BCUT2D eigenvalue weighted by Crippen LogP contribution is 2.26. The summed E-state index contributed by atoms with van der Waals surface area (Å²) in [7, 11) is 2.20. The fourth-order valence-corrected chi connectivity index (χ4v) is 3.37. The molecule has 114 valence electrons. The molecule has 0 amide bonds. The summed E-state index contributed by atoms with van der Waals surface area (Å²) in [6.45, 7) is 12.2. The highest BCUT2D eigenvalue weighted by molar-refractivity contribution is 7.10. The molecule has 6 heteroatoms. The minimum Gasteiger partial charge on any atom is -0.383 e. The van der Waals surface area contributed by atoms with Gasteiger partial charge in [-0.05, 0) is 31.4 Å². The molecule has 0 aliphatic carbocycles. The Balaban J connectivity index is 1.94. The van der Waals surface area contributed by atoms with E-state index < -0.39 is 0 Å². The number of anilines is 2. The number of aromatic nitrogens is 1. The van der Waals surface area contributed by atoms with Crippen molar-refractivity contribution in [1.29, 1.82) is 0 Å². The van der Waals surface area contributed by atoms with Crippen molar-refractivity contribution in [3.8, 4) is 0 Å². The van der Waals surface area contributed by atoms with Gasteiger partial charge in [0.2, 0.25) is 0 Å². The summed E-state index contributed by atoms with van der Waals surface area (Å²) >= 11 is 1.46. The van der Waals surface area contributed by atoms with Crippen LogP contribution in [0.2, 0.25) is 0 Å². The van der Waals surface area contributed by atoms with Gasteiger partial charge in [0, 0.05) is 44.3 Å². The van der Waals surface area contributed by atoms with Gasteiger partial charge in [-0.3, -0.25) is 4.90 Å². The largest absolute Gasteiger partial charge is 0.383 e. The first kappa shape index (κ1) is 15.5. The lowest BCUT2D eigenvalue weighted by Crippen LogP contribution is -2.52. The Kier molecular flexibility index (Phi) is 5.23. The normalized spacial score (nSPS) is 19.4. The topological polar surface area (TPSA) is 57.4 Å². The van der Waals surface area contributed by atoms with Crippen molar-refractivity contribution in [2.75, 3.05) is 50.8 Å². The van der Waals surface area contributed by atoms with Gasteiger partial charge in [0.15, 0.2) is 0 Å². The number of nitrogens with one attached hydrogen (secondary N) is 1. The Bertz CT molecular complexity index is 423.